The molecular formula is C18H27ClN6O2S. The standard InChI is InChI=1S/C18H26N6O2S.ClH/c1-22(2)15-4-3-5-16(12-15)27(25,26)23-9-6-14(7-10-23)18-21-20-17-13-19-8-11-24(17)18;/h3-5,12,14,19H,6-11,13H2,1-2H3;1H. The van der Waals surface area contributed by atoms with E-state index in [9.17, 15) is 8.42 Å². The molecular weight excluding hydrogens is 400 g/mol. The summed E-state index contributed by atoms with van der Waals surface area (Å²) < 4.78 is 29.9. The molecule has 0 amide bonds. The van der Waals surface area contributed by atoms with Gasteiger partial charge in [0, 0.05) is 51.9 Å². The fraction of sp³-hybridized carbons (Fsp3) is 0.556. The van der Waals surface area contributed by atoms with Crippen molar-refractivity contribution in [1.82, 2.24) is 24.4 Å². The van der Waals surface area contributed by atoms with E-state index in [0.29, 0.717) is 18.0 Å². The number of fused-ring (bicyclic) bond motifs is 1. The summed E-state index contributed by atoms with van der Waals surface area (Å²) in [6, 6.07) is 7.12. The number of nitrogens with one attached hydrogen (secondary N) is 1. The van der Waals surface area contributed by atoms with Gasteiger partial charge in [0.25, 0.3) is 0 Å². The molecule has 3 heterocycles. The highest BCUT2D eigenvalue weighted by Crippen LogP contribution is 2.31. The van der Waals surface area contributed by atoms with Gasteiger partial charge in [0.2, 0.25) is 10.0 Å². The van der Waals surface area contributed by atoms with Crippen LogP contribution < -0.4 is 10.2 Å². The topological polar surface area (TPSA) is 83.4 Å². The number of benzene rings is 1. The first kappa shape index (κ1) is 21.0. The predicted octanol–water partition coefficient (Wildman–Crippen LogP) is 1.44. The van der Waals surface area contributed by atoms with Crippen LogP contribution in [0.5, 0.6) is 0 Å². The number of anilines is 1. The molecule has 2 aliphatic rings. The van der Waals surface area contributed by atoms with Gasteiger partial charge in [0.15, 0.2) is 0 Å². The lowest BCUT2D eigenvalue weighted by Gasteiger charge is -2.31. The lowest BCUT2D eigenvalue weighted by Crippen LogP contribution is -2.39. The van der Waals surface area contributed by atoms with Crippen LogP contribution in [0.4, 0.5) is 5.69 Å². The molecule has 0 spiro atoms. The molecule has 1 aromatic carbocycles. The van der Waals surface area contributed by atoms with Crippen molar-refractivity contribution in [1.29, 1.82) is 0 Å². The van der Waals surface area contributed by atoms with Gasteiger partial charge < -0.3 is 14.8 Å². The molecule has 1 saturated heterocycles. The molecule has 0 aliphatic carbocycles. The second-order valence-electron chi connectivity index (χ2n) is 7.37. The van der Waals surface area contributed by atoms with Crippen LogP contribution in [0, 0.1) is 0 Å². The summed E-state index contributed by atoms with van der Waals surface area (Å²) in [5, 5.41) is 12.0. The SMILES string of the molecule is CN(C)c1cccc(S(=O)(=O)N2CCC(c3nnc4n3CCNC4)CC2)c1.Cl. The summed E-state index contributed by atoms with van der Waals surface area (Å²) in [6.07, 6.45) is 1.55. The largest absolute Gasteiger partial charge is 0.378 e. The molecule has 2 aromatic rings. The van der Waals surface area contributed by atoms with Crippen molar-refractivity contribution < 1.29 is 8.42 Å². The molecule has 1 N–H and O–H groups in total. The third-order valence-corrected chi connectivity index (χ3v) is 7.34. The third kappa shape index (κ3) is 3.89. The van der Waals surface area contributed by atoms with Gasteiger partial charge in [-0.05, 0) is 31.0 Å². The Hall–Kier alpha value is -1.68. The van der Waals surface area contributed by atoms with Gasteiger partial charge in [-0.1, -0.05) is 6.07 Å². The summed E-state index contributed by atoms with van der Waals surface area (Å²) in [5.74, 6) is 2.26. The molecule has 1 fully saturated rings. The van der Waals surface area contributed by atoms with Crippen LogP contribution in [0.2, 0.25) is 0 Å². The molecule has 0 unspecified atom stereocenters. The zero-order valence-electron chi connectivity index (χ0n) is 16.2. The van der Waals surface area contributed by atoms with E-state index in [1.54, 1.807) is 22.5 Å². The van der Waals surface area contributed by atoms with Crippen molar-refractivity contribution in [2.45, 2.75) is 36.7 Å². The lowest BCUT2D eigenvalue weighted by atomic mass is 9.97. The zero-order chi connectivity index (χ0) is 19.0. The van der Waals surface area contributed by atoms with Gasteiger partial charge >= 0.3 is 0 Å². The minimum atomic E-state index is -3.47. The third-order valence-electron chi connectivity index (χ3n) is 5.44. The van der Waals surface area contributed by atoms with Gasteiger partial charge in [-0.3, -0.25) is 0 Å². The quantitative estimate of drug-likeness (QED) is 0.796. The Kier molecular flexibility index (Phi) is 6.28. The summed E-state index contributed by atoms with van der Waals surface area (Å²) in [4.78, 5) is 2.27. The number of aromatic nitrogens is 3. The van der Waals surface area contributed by atoms with Gasteiger partial charge in [0.1, 0.15) is 11.6 Å². The molecule has 0 radical (unpaired) electrons. The summed E-state index contributed by atoms with van der Waals surface area (Å²) >= 11 is 0. The van der Waals surface area contributed by atoms with Gasteiger partial charge in [-0.2, -0.15) is 4.31 Å². The maximum atomic E-state index is 13.1. The average Bonchev–Trinajstić information content (AvgIpc) is 3.12. The monoisotopic (exact) mass is 426 g/mol. The van der Waals surface area contributed by atoms with E-state index in [-0.39, 0.29) is 18.3 Å². The van der Waals surface area contributed by atoms with E-state index >= 15 is 0 Å². The molecule has 8 nitrogen and oxygen atoms in total. The molecule has 0 bridgehead atoms. The predicted molar refractivity (Wildman–Crippen MR) is 110 cm³/mol. The van der Waals surface area contributed by atoms with E-state index in [1.807, 2.05) is 25.1 Å². The second-order valence-corrected chi connectivity index (χ2v) is 9.31. The normalized spacial score (nSPS) is 18.4. The molecule has 0 saturated carbocycles. The van der Waals surface area contributed by atoms with Gasteiger partial charge in [-0.25, -0.2) is 8.42 Å². The van der Waals surface area contributed by atoms with Crippen molar-refractivity contribution >= 4 is 28.1 Å². The molecule has 4 rings (SSSR count). The molecule has 1 aromatic heterocycles. The fourth-order valence-corrected chi connectivity index (χ4v) is 5.35. The number of hydrogen-bond acceptors (Lipinski definition) is 6. The first-order chi connectivity index (χ1) is 13.0. The Morgan fingerprint density at radius 2 is 1.89 bits per heavy atom. The molecule has 28 heavy (non-hydrogen) atoms. The molecule has 10 heteroatoms. The van der Waals surface area contributed by atoms with Crippen molar-refractivity contribution in [3.05, 3.63) is 35.9 Å². The van der Waals surface area contributed by atoms with Crippen LogP contribution in [0.1, 0.15) is 30.4 Å². The Morgan fingerprint density at radius 3 is 2.61 bits per heavy atom. The molecule has 154 valence electrons. The summed E-state index contributed by atoms with van der Waals surface area (Å²) in [5.41, 5.74) is 0.884. The maximum absolute atomic E-state index is 13.1. The maximum Gasteiger partial charge on any atom is 0.243 e. The van der Waals surface area contributed by atoms with Crippen molar-refractivity contribution in [3.63, 3.8) is 0 Å². The van der Waals surface area contributed by atoms with E-state index in [4.69, 9.17) is 0 Å². The Labute approximate surface area is 172 Å². The van der Waals surface area contributed by atoms with Crippen LogP contribution in [-0.2, 0) is 23.1 Å². The summed E-state index contributed by atoms with van der Waals surface area (Å²) in [7, 11) is 0.344. The van der Waals surface area contributed by atoms with Crippen molar-refractivity contribution in [2.75, 3.05) is 38.6 Å². The summed E-state index contributed by atoms with van der Waals surface area (Å²) in [6.45, 7) is 3.59. The van der Waals surface area contributed by atoms with Gasteiger partial charge in [0.05, 0.1) is 11.4 Å². The van der Waals surface area contributed by atoms with E-state index in [1.165, 1.54) is 0 Å². The molecule has 2 aliphatic heterocycles. The number of piperidine rings is 1. The Morgan fingerprint density at radius 1 is 1.14 bits per heavy atom. The highest BCUT2D eigenvalue weighted by atomic mass is 35.5. The first-order valence-electron chi connectivity index (χ1n) is 9.37. The Bertz CT molecular complexity index is 922. The van der Waals surface area contributed by atoms with Crippen molar-refractivity contribution in [3.8, 4) is 0 Å². The van der Waals surface area contributed by atoms with E-state index in [2.05, 4.69) is 20.1 Å². The number of nitrogens with zero attached hydrogens (tertiary/aromatic N) is 5. The minimum absolute atomic E-state index is 0. The number of hydrogen-bond donors (Lipinski definition) is 1. The zero-order valence-corrected chi connectivity index (χ0v) is 17.8. The van der Waals surface area contributed by atoms with E-state index in [0.717, 1.165) is 49.8 Å². The van der Waals surface area contributed by atoms with Crippen LogP contribution in [0.15, 0.2) is 29.2 Å². The van der Waals surface area contributed by atoms with Crippen LogP contribution >= 0.6 is 12.4 Å². The highest BCUT2D eigenvalue weighted by molar-refractivity contribution is 7.89. The lowest BCUT2D eigenvalue weighted by molar-refractivity contribution is 0.307. The van der Waals surface area contributed by atoms with E-state index < -0.39 is 10.0 Å². The second kappa shape index (κ2) is 8.36. The smallest absolute Gasteiger partial charge is 0.243 e. The minimum Gasteiger partial charge on any atom is -0.378 e. The van der Waals surface area contributed by atoms with Crippen LogP contribution in [0.25, 0.3) is 0 Å². The van der Waals surface area contributed by atoms with Crippen LogP contribution in [-0.4, -0.2) is 61.2 Å². The Balaban J connectivity index is 0.00000225. The fourth-order valence-electron chi connectivity index (χ4n) is 3.84. The highest BCUT2D eigenvalue weighted by Gasteiger charge is 2.32. The number of halogens is 1. The van der Waals surface area contributed by atoms with Crippen LogP contribution in [0.3, 0.4) is 0 Å². The number of sulfonamides is 1. The molecule has 0 atom stereocenters. The number of rotatable bonds is 4. The van der Waals surface area contributed by atoms with Crippen molar-refractivity contribution in [2.24, 2.45) is 0 Å². The van der Waals surface area contributed by atoms with Gasteiger partial charge in [-0.15, -0.1) is 22.6 Å². The average molecular weight is 427 g/mol. The first-order valence-corrected chi connectivity index (χ1v) is 10.8.